The molecule has 0 bridgehead atoms. The van der Waals surface area contributed by atoms with E-state index >= 15 is 0 Å². The summed E-state index contributed by atoms with van der Waals surface area (Å²) in [4.78, 5) is 12.2. The van der Waals surface area contributed by atoms with Crippen molar-refractivity contribution in [1.82, 2.24) is 0 Å². The van der Waals surface area contributed by atoms with Gasteiger partial charge in [0, 0.05) is 24.1 Å². The molecular weight excluding hydrogens is 301 g/mol. The van der Waals surface area contributed by atoms with Crippen LogP contribution in [0.2, 0.25) is 0 Å². The lowest BCUT2D eigenvalue weighted by atomic mass is 9.84. The predicted octanol–water partition coefficient (Wildman–Crippen LogP) is 2.21. The first-order valence-corrected chi connectivity index (χ1v) is 6.64. The zero-order chi connectivity index (χ0) is 13.2. The van der Waals surface area contributed by atoms with Crippen LogP contribution in [0, 0.1) is 5.82 Å². The number of ketones is 1. The number of benzene rings is 1. The summed E-state index contributed by atoms with van der Waals surface area (Å²) >= 11 is 3.27. The van der Waals surface area contributed by atoms with Crippen molar-refractivity contribution >= 4 is 21.7 Å². The standard InChI is InChI=1S/C13H15BrFNO2/c14-10-1-2-11(15)9(7-10)8-12(17)13(16)3-5-18-6-4-13/h1-2,7H,3-6,8,16H2. The van der Waals surface area contributed by atoms with Gasteiger partial charge in [-0.3, -0.25) is 4.79 Å². The van der Waals surface area contributed by atoms with E-state index in [1.165, 1.54) is 6.07 Å². The zero-order valence-electron chi connectivity index (χ0n) is 9.92. The number of carbonyl (C=O) groups is 1. The van der Waals surface area contributed by atoms with Crippen LogP contribution in [-0.2, 0) is 16.0 Å². The van der Waals surface area contributed by atoms with E-state index in [2.05, 4.69) is 15.9 Å². The second kappa shape index (κ2) is 5.47. The number of ether oxygens (including phenoxy) is 1. The number of Topliss-reactive ketones (excluding diaryl/α,β-unsaturated/α-hetero) is 1. The highest BCUT2D eigenvalue weighted by Gasteiger charge is 2.35. The van der Waals surface area contributed by atoms with Crippen LogP contribution in [0.25, 0.3) is 0 Å². The fourth-order valence-electron chi connectivity index (χ4n) is 2.04. The third-order valence-electron chi connectivity index (χ3n) is 3.30. The van der Waals surface area contributed by atoms with E-state index in [-0.39, 0.29) is 18.0 Å². The minimum atomic E-state index is -0.868. The van der Waals surface area contributed by atoms with Gasteiger partial charge >= 0.3 is 0 Å². The normalized spacial score (nSPS) is 18.6. The van der Waals surface area contributed by atoms with E-state index in [1.54, 1.807) is 12.1 Å². The first kappa shape index (κ1) is 13.6. The molecule has 0 aromatic heterocycles. The van der Waals surface area contributed by atoms with Crippen molar-refractivity contribution in [2.24, 2.45) is 5.73 Å². The van der Waals surface area contributed by atoms with Gasteiger partial charge < -0.3 is 10.5 Å². The molecule has 5 heteroatoms. The molecule has 1 heterocycles. The van der Waals surface area contributed by atoms with Crippen molar-refractivity contribution in [2.45, 2.75) is 24.8 Å². The molecule has 1 aromatic rings. The molecule has 1 aliphatic heterocycles. The van der Waals surface area contributed by atoms with Gasteiger partial charge in [0.1, 0.15) is 5.82 Å². The smallest absolute Gasteiger partial charge is 0.157 e. The van der Waals surface area contributed by atoms with Gasteiger partial charge in [-0.15, -0.1) is 0 Å². The number of rotatable bonds is 3. The van der Waals surface area contributed by atoms with Crippen LogP contribution in [-0.4, -0.2) is 24.5 Å². The molecule has 0 spiro atoms. The highest BCUT2D eigenvalue weighted by Crippen LogP contribution is 2.23. The summed E-state index contributed by atoms with van der Waals surface area (Å²) in [6, 6.07) is 4.58. The van der Waals surface area contributed by atoms with Crippen molar-refractivity contribution < 1.29 is 13.9 Å². The van der Waals surface area contributed by atoms with Gasteiger partial charge in [0.25, 0.3) is 0 Å². The monoisotopic (exact) mass is 315 g/mol. The van der Waals surface area contributed by atoms with Gasteiger partial charge in [-0.2, -0.15) is 0 Å². The molecule has 2 rings (SSSR count). The first-order valence-electron chi connectivity index (χ1n) is 5.85. The van der Waals surface area contributed by atoms with Crippen molar-refractivity contribution in [1.29, 1.82) is 0 Å². The molecule has 0 unspecified atom stereocenters. The Hall–Kier alpha value is -0.780. The van der Waals surface area contributed by atoms with E-state index in [9.17, 15) is 9.18 Å². The van der Waals surface area contributed by atoms with Crippen molar-refractivity contribution in [2.75, 3.05) is 13.2 Å². The second-order valence-corrected chi connectivity index (χ2v) is 5.52. The summed E-state index contributed by atoms with van der Waals surface area (Å²) in [6.45, 7) is 0.979. The Morgan fingerprint density at radius 1 is 1.44 bits per heavy atom. The van der Waals surface area contributed by atoms with Gasteiger partial charge in [0.15, 0.2) is 5.78 Å². The van der Waals surface area contributed by atoms with E-state index in [0.29, 0.717) is 31.6 Å². The summed E-state index contributed by atoms with van der Waals surface area (Å²) in [5, 5.41) is 0. The molecule has 0 aliphatic carbocycles. The van der Waals surface area contributed by atoms with E-state index in [1.807, 2.05) is 0 Å². The molecular formula is C13H15BrFNO2. The van der Waals surface area contributed by atoms with Crippen molar-refractivity contribution in [3.8, 4) is 0 Å². The largest absolute Gasteiger partial charge is 0.381 e. The molecule has 18 heavy (non-hydrogen) atoms. The molecule has 1 aliphatic rings. The van der Waals surface area contributed by atoms with Crippen LogP contribution in [0.1, 0.15) is 18.4 Å². The van der Waals surface area contributed by atoms with Crippen LogP contribution >= 0.6 is 15.9 Å². The number of hydrogen-bond acceptors (Lipinski definition) is 3. The lowest BCUT2D eigenvalue weighted by molar-refractivity contribution is -0.126. The lowest BCUT2D eigenvalue weighted by Gasteiger charge is -2.31. The lowest BCUT2D eigenvalue weighted by Crippen LogP contribution is -2.52. The third-order valence-corrected chi connectivity index (χ3v) is 3.79. The maximum absolute atomic E-state index is 13.6. The Morgan fingerprint density at radius 3 is 2.78 bits per heavy atom. The minimum absolute atomic E-state index is 0.0295. The molecule has 1 aromatic carbocycles. The van der Waals surface area contributed by atoms with Gasteiger partial charge in [-0.25, -0.2) is 4.39 Å². The zero-order valence-corrected chi connectivity index (χ0v) is 11.5. The molecule has 0 atom stereocenters. The second-order valence-electron chi connectivity index (χ2n) is 4.60. The molecule has 3 nitrogen and oxygen atoms in total. The molecule has 2 N–H and O–H groups in total. The maximum Gasteiger partial charge on any atom is 0.157 e. The molecule has 0 radical (unpaired) electrons. The molecule has 1 saturated heterocycles. The number of carbonyl (C=O) groups excluding carboxylic acids is 1. The summed E-state index contributed by atoms with van der Waals surface area (Å²) in [7, 11) is 0. The fourth-order valence-corrected chi connectivity index (χ4v) is 2.45. The van der Waals surface area contributed by atoms with Crippen molar-refractivity contribution in [3.63, 3.8) is 0 Å². The Balaban J connectivity index is 2.13. The maximum atomic E-state index is 13.6. The van der Waals surface area contributed by atoms with Crippen LogP contribution in [0.3, 0.4) is 0 Å². The summed E-state index contributed by atoms with van der Waals surface area (Å²) in [6.07, 6.45) is 1.03. The van der Waals surface area contributed by atoms with E-state index in [0.717, 1.165) is 4.47 Å². The summed E-state index contributed by atoms with van der Waals surface area (Å²) < 4.78 is 19.5. The van der Waals surface area contributed by atoms with Gasteiger partial charge in [-0.1, -0.05) is 15.9 Å². The Bertz CT molecular complexity index is 458. The average Bonchev–Trinajstić information content (AvgIpc) is 2.35. The van der Waals surface area contributed by atoms with Crippen LogP contribution in [0.5, 0.6) is 0 Å². The first-order chi connectivity index (χ1) is 8.51. The van der Waals surface area contributed by atoms with E-state index < -0.39 is 5.54 Å². The molecule has 0 saturated carbocycles. The Labute approximate surface area is 114 Å². The predicted molar refractivity (Wildman–Crippen MR) is 69.8 cm³/mol. The summed E-state index contributed by atoms with van der Waals surface area (Å²) in [5.74, 6) is -0.495. The molecule has 98 valence electrons. The molecule has 1 fully saturated rings. The van der Waals surface area contributed by atoms with Crippen LogP contribution in [0.4, 0.5) is 4.39 Å². The Kier molecular flexibility index (Phi) is 4.14. The van der Waals surface area contributed by atoms with Gasteiger partial charge in [0.05, 0.1) is 5.54 Å². The quantitative estimate of drug-likeness (QED) is 0.930. The average molecular weight is 316 g/mol. The highest BCUT2D eigenvalue weighted by molar-refractivity contribution is 9.10. The van der Waals surface area contributed by atoms with Gasteiger partial charge in [0.2, 0.25) is 0 Å². The minimum Gasteiger partial charge on any atom is -0.381 e. The third kappa shape index (κ3) is 2.96. The van der Waals surface area contributed by atoms with Gasteiger partial charge in [-0.05, 0) is 36.6 Å². The fraction of sp³-hybridized carbons (Fsp3) is 0.462. The Morgan fingerprint density at radius 2 is 2.11 bits per heavy atom. The topological polar surface area (TPSA) is 52.3 Å². The summed E-state index contributed by atoms with van der Waals surface area (Å²) in [5.41, 5.74) is 5.59. The molecule has 0 amide bonds. The van der Waals surface area contributed by atoms with Crippen LogP contribution < -0.4 is 5.73 Å². The van der Waals surface area contributed by atoms with Crippen molar-refractivity contribution in [3.05, 3.63) is 34.1 Å². The van der Waals surface area contributed by atoms with Crippen LogP contribution in [0.15, 0.2) is 22.7 Å². The van der Waals surface area contributed by atoms with E-state index in [4.69, 9.17) is 10.5 Å². The number of hydrogen-bond donors (Lipinski definition) is 1. The number of halogens is 2. The number of nitrogens with two attached hydrogens (primary N) is 1. The SMILES string of the molecule is NC1(C(=O)Cc2cc(Br)ccc2F)CCOCC1. The highest BCUT2D eigenvalue weighted by atomic mass is 79.9.